The van der Waals surface area contributed by atoms with Crippen LogP contribution in [0.15, 0.2) is 12.2 Å². The maximum Gasteiger partial charge on any atom is 0.133 e. The lowest BCUT2D eigenvalue weighted by atomic mass is 9.44. The van der Waals surface area contributed by atoms with Gasteiger partial charge in [0.1, 0.15) is 5.78 Å². The number of nitrogens with two attached hydrogens (primary N) is 1. The topological polar surface area (TPSA) is 52.3 Å². The third kappa shape index (κ3) is 3.01. The van der Waals surface area contributed by atoms with Gasteiger partial charge < -0.3 is 10.5 Å². The van der Waals surface area contributed by atoms with E-state index in [-0.39, 0.29) is 0 Å². The first-order valence-corrected chi connectivity index (χ1v) is 12.8. The molecule has 0 amide bonds. The zero-order valence-corrected chi connectivity index (χ0v) is 19.5. The highest BCUT2D eigenvalue weighted by molar-refractivity contribution is 5.79. The third-order valence-electron chi connectivity index (χ3n) is 11.1. The van der Waals surface area contributed by atoms with Gasteiger partial charge in [-0.05, 0) is 97.7 Å². The number of ketones is 1. The highest BCUT2D eigenvalue weighted by Gasteiger charge is 2.65. The SMILES string of the molecule is C=C(CN)CCC1O[C@H]2C[C@H]3[C@@H]4CCC5CC(=O)CC[C@]5(C)[C@H]4CC[C@]3(C)[C@H]2[C@@H]1C. The number of carbonyl (C=O) groups excluding carboxylic acids is 1. The summed E-state index contributed by atoms with van der Waals surface area (Å²) >= 11 is 0. The Morgan fingerprint density at radius 3 is 2.73 bits per heavy atom. The standard InChI is InChI=1S/C27H43NO2/c1-16(15-28)5-8-23-17(2)25-24(30-23)14-22-20-7-6-18-13-19(29)9-11-26(18,3)21(20)10-12-27(22,25)4/h17-18,20-25H,1,5-15,28H2,2-4H3/t17-,18?,20-,21+,22+,23?,24+,25+,26+,27+/m1/s1. The maximum absolute atomic E-state index is 12.1. The normalized spacial score (nSPS) is 52.3. The largest absolute Gasteiger partial charge is 0.374 e. The number of hydrogen-bond acceptors (Lipinski definition) is 3. The first kappa shape index (κ1) is 21.2. The van der Waals surface area contributed by atoms with Crippen molar-refractivity contribution in [3.8, 4) is 0 Å². The molecule has 10 atom stereocenters. The highest BCUT2D eigenvalue weighted by atomic mass is 16.5. The minimum Gasteiger partial charge on any atom is -0.374 e. The minimum absolute atomic E-state index is 0.386. The summed E-state index contributed by atoms with van der Waals surface area (Å²) in [6.07, 6.45) is 12.4. The first-order valence-electron chi connectivity index (χ1n) is 12.8. The van der Waals surface area contributed by atoms with Gasteiger partial charge in [-0.15, -0.1) is 0 Å². The van der Waals surface area contributed by atoms with Crippen LogP contribution >= 0.6 is 0 Å². The van der Waals surface area contributed by atoms with E-state index in [1.165, 1.54) is 32.1 Å². The Kier molecular flexibility index (Phi) is 5.26. The third-order valence-corrected chi connectivity index (χ3v) is 11.1. The predicted octanol–water partition coefficient (Wildman–Crippen LogP) is 5.52. The Bertz CT molecular complexity index is 718. The van der Waals surface area contributed by atoms with Crippen LogP contribution in [0.5, 0.6) is 0 Å². The molecule has 1 heterocycles. The van der Waals surface area contributed by atoms with Gasteiger partial charge in [0.25, 0.3) is 0 Å². The zero-order chi connectivity index (χ0) is 21.3. The Balaban J connectivity index is 1.33. The molecule has 30 heavy (non-hydrogen) atoms. The van der Waals surface area contributed by atoms with Crippen LogP contribution in [0.4, 0.5) is 0 Å². The Morgan fingerprint density at radius 1 is 1.17 bits per heavy atom. The molecule has 0 aromatic rings. The quantitative estimate of drug-likeness (QED) is 0.617. The van der Waals surface area contributed by atoms with E-state index in [1.807, 2.05) is 0 Å². The van der Waals surface area contributed by atoms with Crippen molar-refractivity contribution in [1.29, 1.82) is 0 Å². The van der Waals surface area contributed by atoms with Crippen molar-refractivity contribution in [3.05, 3.63) is 12.2 Å². The van der Waals surface area contributed by atoms with E-state index in [2.05, 4.69) is 27.4 Å². The van der Waals surface area contributed by atoms with Crippen molar-refractivity contribution in [2.45, 2.75) is 97.2 Å². The second-order valence-electron chi connectivity index (χ2n) is 12.3. The van der Waals surface area contributed by atoms with Crippen LogP contribution in [-0.2, 0) is 9.53 Å². The molecule has 0 radical (unpaired) electrons. The van der Waals surface area contributed by atoms with Crippen LogP contribution in [-0.4, -0.2) is 24.5 Å². The van der Waals surface area contributed by atoms with Crippen molar-refractivity contribution in [2.75, 3.05) is 6.54 Å². The molecule has 0 aromatic heterocycles. The van der Waals surface area contributed by atoms with Gasteiger partial charge in [-0.25, -0.2) is 0 Å². The summed E-state index contributed by atoms with van der Waals surface area (Å²) in [5.41, 5.74) is 7.77. The molecular formula is C27H43NO2. The summed E-state index contributed by atoms with van der Waals surface area (Å²) in [5.74, 6) is 5.06. The van der Waals surface area contributed by atoms with E-state index >= 15 is 0 Å². The molecule has 4 saturated carbocycles. The van der Waals surface area contributed by atoms with Crippen molar-refractivity contribution in [1.82, 2.24) is 0 Å². The van der Waals surface area contributed by atoms with Crippen LogP contribution in [0.3, 0.4) is 0 Å². The van der Waals surface area contributed by atoms with Gasteiger partial charge in [0, 0.05) is 19.4 Å². The molecule has 1 saturated heterocycles. The van der Waals surface area contributed by atoms with Gasteiger partial charge in [0.05, 0.1) is 12.2 Å². The van der Waals surface area contributed by atoms with E-state index < -0.39 is 0 Å². The molecule has 0 spiro atoms. The Hall–Kier alpha value is -0.670. The predicted molar refractivity (Wildman–Crippen MR) is 121 cm³/mol. The molecule has 2 N–H and O–H groups in total. The number of ether oxygens (including phenoxy) is 1. The summed E-state index contributed by atoms with van der Waals surface area (Å²) in [7, 11) is 0. The second kappa shape index (κ2) is 7.44. The molecule has 5 aliphatic rings. The van der Waals surface area contributed by atoms with Crippen molar-refractivity contribution >= 4 is 5.78 Å². The average Bonchev–Trinajstić information content (AvgIpc) is 3.20. The van der Waals surface area contributed by atoms with Crippen molar-refractivity contribution in [3.63, 3.8) is 0 Å². The van der Waals surface area contributed by atoms with Crippen molar-refractivity contribution < 1.29 is 9.53 Å². The van der Waals surface area contributed by atoms with Crippen LogP contribution in [0.1, 0.15) is 85.0 Å². The van der Waals surface area contributed by atoms with E-state index in [4.69, 9.17) is 10.5 Å². The molecule has 2 unspecified atom stereocenters. The lowest BCUT2D eigenvalue weighted by Gasteiger charge is -2.60. The lowest BCUT2D eigenvalue weighted by Crippen LogP contribution is -2.54. The number of hydrogen-bond donors (Lipinski definition) is 1. The Morgan fingerprint density at radius 2 is 1.97 bits per heavy atom. The van der Waals surface area contributed by atoms with Crippen LogP contribution in [0, 0.1) is 46.3 Å². The van der Waals surface area contributed by atoms with E-state index in [0.29, 0.717) is 47.2 Å². The Labute approximate surface area is 183 Å². The summed E-state index contributed by atoms with van der Waals surface area (Å²) in [5, 5.41) is 0. The van der Waals surface area contributed by atoms with Gasteiger partial charge in [-0.3, -0.25) is 4.79 Å². The van der Waals surface area contributed by atoms with Crippen LogP contribution < -0.4 is 5.73 Å². The molecule has 0 aromatic carbocycles. The van der Waals surface area contributed by atoms with Crippen LogP contribution in [0.25, 0.3) is 0 Å². The van der Waals surface area contributed by atoms with Gasteiger partial charge in [0.2, 0.25) is 0 Å². The van der Waals surface area contributed by atoms with Gasteiger partial charge >= 0.3 is 0 Å². The summed E-state index contributed by atoms with van der Waals surface area (Å²) in [6.45, 7) is 12.3. The summed E-state index contributed by atoms with van der Waals surface area (Å²) < 4.78 is 6.75. The second-order valence-corrected chi connectivity index (χ2v) is 12.3. The van der Waals surface area contributed by atoms with Crippen LogP contribution in [0.2, 0.25) is 0 Å². The number of rotatable bonds is 4. The lowest BCUT2D eigenvalue weighted by molar-refractivity contribution is -0.140. The molecule has 168 valence electrons. The number of Topliss-reactive ketones (excluding diaryl/α,β-unsaturated/α-hetero) is 1. The summed E-state index contributed by atoms with van der Waals surface area (Å²) in [4.78, 5) is 12.1. The minimum atomic E-state index is 0.386. The molecule has 3 heteroatoms. The molecule has 5 rings (SSSR count). The number of fused-ring (bicyclic) bond motifs is 7. The summed E-state index contributed by atoms with van der Waals surface area (Å²) in [6, 6.07) is 0. The molecule has 1 aliphatic heterocycles. The van der Waals surface area contributed by atoms with E-state index in [1.54, 1.807) is 0 Å². The van der Waals surface area contributed by atoms with Gasteiger partial charge in [-0.2, -0.15) is 0 Å². The number of carbonyl (C=O) groups is 1. The fourth-order valence-corrected chi connectivity index (χ4v) is 9.51. The first-order chi connectivity index (χ1) is 14.3. The zero-order valence-electron chi connectivity index (χ0n) is 19.5. The smallest absolute Gasteiger partial charge is 0.133 e. The fraction of sp³-hybridized carbons (Fsp3) is 0.889. The molecule has 0 bridgehead atoms. The molecular weight excluding hydrogens is 370 g/mol. The maximum atomic E-state index is 12.1. The van der Waals surface area contributed by atoms with E-state index in [9.17, 15) is 4.79 Å². The highest BCUT2D eigenvalue weighted by Crippen LogP contribution is 2.69. The van der Waals surface area contributed by atoms with Crippen molar-refractivity contribution in [2.24, 2.45) is 52.1 Å². The monoisotopic (exact) mass is 413 g/mol. The van der Waals surface area contributed by atoms with Gasteiger partial charge in [0.15, 0.2) is 0 Å². The molecule has 4 aliphatic carbocycles. The van der Waals surface area contributed by atoms with Gasteiger partial charge in [-0.1, -0.05) is 32.9 Å². The average molecular weight is 414 g/mol. The molecule has 5 fully saturated rings. The fourth-order valence-electron chi connectivity index (χ4n) is 9.51. The van der Waals surface area contributed by atoms with E-state index in [0.717, 1.165) is 61.3 Å². The molecule has 3 nitrogen and oxygen atoms in total.